The summed E-state index contributed by atoms with van der Waals surface area (Å²) in [6.45, 7) is 5.38. The predicted octanol–water partition coefficient (Wildman–Crippen LogP) is 1.49. The van der Waals surface area contributed by atoms with E-state index in [0.29, 0.717) is 0 Å². The molecule has 2 nitrogen and oxygen atoms in total. The van der Waals surface area contributed by atoms with E-state index >= 15 is 0 Å². The SMILES string of the molecule is Cc1ccc(C)n1CCCO. The molecule has 0 fully saturated rings. The summed E-state index contributed by atoms with van der Waals surface area (Å²) in [5.74, 6) is 0. The fraction of sp³-hybridized carbons (Fsp3) is 0.556. The molecule has 0 unspecified atom stereocenters. The van der Waals surface area contributed by atoms with E-state index in [2.05, 4.69) is 30.5 Å². The smallest absolute Gasteiger partial charge is 0.0448 e. The van der Waals surface area contributed by atoms with E-state index in [0.717, 1.165) is 13.0 Å². The molecule has 62 valence electrons. The molecule has 0 saturated heterocycles. The molecular formula is C9H15NO. The van der Waals surface area contributed by atoms with Gasteiger partial charge >= 0.3 is 0 Å². The maximum absolute atomic E-state index is 8.63. The van der Waals surface area contributed by atoms with Gasteiger partial charge in [-0.15, -0.1) is 0 Å². The van der Waals surface area contributed by atoms with Crippen molar-refractivity contribution in [1.29, 1.82) is 0 Å². The summed E-state index contributed by atoms with van der Waals surface area (Å²) in [7, 11) is 0. The minimum atomic E-state index is 0.275. The Balaban J connectivity index is 2.67. The Morgan fingerprint density at radius 3 is 2.27 bits per heavy atom. The van der Waals surface area contributed by atoms with Gasteiger partial charge in [0.25, 0.3) is 0 Å². The number of nitrogens with zero attached hydrogens (tertiary/aromatic N) is 1. The van der Waals surface area contributed by atoms with Crippen molar-refractivity contribution >= 4 is 0 Å². The van der Waals surface area contributed by atoms with E-state index in [1.165, 1.54) is 11.4 Å². The number of hydrogen-bond acceptors (Lipinski definition) is 1. The highest BCUT2D eigenvalue weighted by Gasteiger charge is 1.98. The highest BCUT2D eigenvalue weighted by atomic mass is 16.3. The number of aromatic nitrogens is 1. The first-order chi connectivity index (χ1) is 5.25. The molecule has 1 aromatic rings. The minimum Gasteiger partial charge on any atom is -0.396 e. The first-order valence-electron chi connectivity index (χ1n) is 3.99. The first kappa shape index (κ1) is 8.34. The van der Waals surface area contributed by atoms with Gasteiger partial charge in [-0.05, 0) is 32.4 Å². The van der Waals surface area contributed by atoms with Crippen LogP contribution in [0.1, 0.15) is 17.8 Å². The van der Waals surface area contributed by atoms with E-state index in [-0.39, 0.29) is 6.61 Å². The summed E-state index contributed by atoms with van der Waals surface area (Å²) < 4.78 is 2.22. The Morgan fingerprint density at radius 1 is 1.27 bits per heavy atom. The average molecular weight is 153 g/mol. The zero-order valence-corrected chi connectivity index (χ0v) is 7.17. The summed E-state index contributed by atoms with van der Waals surface area (Å²) in [6, 6.07) is 4.21. The van der Waals surface area contributed by atoms with Crippen LogP contribution in [0.4, 0.5) is 0 Å². The van der Waals surface area contributed by atoms with Crippen molar-refractivity contribution in [3.05, 3.63) is 23.5 Å². The summed E-state index contributed by atoms with van der Waals surface area (Å²) >= 11 is 0. The van der Waals surface area contributed by atoms with Crippen LogP contribution in [0.25, 0.3) is 0 Å². The topological polar surface area (TPSA) is 25.2 Å². The molecule has 0 aliphatic rings. The summed E-state index contributed by atoms with van der Waals surface area (Å²) in [4.78, 5) is 0. The molecule has 1 heterocycles. The second kappa shape index (κ2) is 3.58. The Kier molecular flexibility index (Phi) is 2.71. The molecule has 0 aliphatic heterocycles. The molecule has 1 rings (SSSR count). The number of aryl methyl sites for hydroxylation is 2. The van der Waals surface area contributed by atoms with Crippen molar-refractivity contribution in [3.63, 3.8) is 0 Å². The van der Waals surface area contributed by atoms with E-state index in [9.17, 15) is 0 Å². The zero-order chi connectivity index (χ0) is 8.27. The summed E-state index contributed by atoms with van der Waals surface area (Å²) in [5.41, 5.74) is 2.55. The van der Waals surface area contributed by atoms with Gasteiger partial charge in [0, 0.05) is 24.5 Å². The van der Waals surface area contributed by atoms with Crippen LogP contribution in [0.15, 0.2) is 12.1 Å². The third kappa shape index (κ3) is 1.84. The van der Waals surface area contributed by atoms with Crippen molar-refractivity contribution in [2.24, 2.45) is 0 Å². The Morgan fingerprint density at radius 2 is 1.82 bits per heavy atom. The minimum absolute atomic E-state index is 0.275. The molecule has 0 saturated carbocycles. The Bertz CT molecular complexity index is 208. The molecule has 0 aliphatic carbocycles. The van der Waals surface area contributed by atoms with Crippen LogP contribution in [0.3, 0.4) is 0 Å². The van der Waals surface area contributed by atoms with Gasteiger partial charge in [-0.1, -0.05) is 0 Å². The van der Waals surface area contributed by atoms with Crippen LogP contribution in [0.5, 0.6) is 0 Å². The highest BCUT2D eigenvalue weighted by molar-refractivity contribution is 5.13. The normalized spacial score (nSPS) is 10.5. The van der Waals surface area contributed by atoms with Gasteiger partial charge in [0.05, 0.1) is 0 Å². The largest absolute Gasteiger partial charge is 0.396 e. The molecule has 0 amide bonds. The zero-order valence-electron chi connectivity index (χ0n) is 7.17. The molecule has 1 aromatic heterocycles. The van der Waals surface area contributed by atoms with E-state index in [1.807, 2.05) is 0 Å². The van der Waals surface area contributed by atoms with Gasteiger partial charge in [-0.2, -0.15) is 0 Å². The van der Waals surface area contributed by atoms with Gasteiger partial charge in [-0.25, -0.2) is 0 Å². The van der Waals surface area contributed by atoms with Crippen LogP contribution in [0.2, 0.25) is 0 Å². The lowest BCUT2D eigenvalue weighted by atomic mass is 10.4. The van der Waals surface area contributed by atoms with Crippen molar-refractivity contribution in [3.8, 4) is 0 Å². The maximum Gasteiger partial charge on any atom is 0.0448 e. The molecule has 0 bridgehead atoms. The predicted molar refractivity (Wildman–Crippen MR) is 45.6 cm³/mol. The first-order valence-corrected chi connectivity index (χ1v) is 3.99. The van der Waals surface area contributed by atoms with Crippen molar-refractivity contribution in [2.75, 3.05) is 6.61 Å². The fourth-order valence-corrected chi connectivity index (χ4v) is 1.28. The van der Waals surface area contributed by atoms with Crippen molar-refractivity contribution in [2.45, 2.75) is 26.8 Å². The maximum atomic E-state index is 8.63. The van der Waals surface area contributed by atoms with Crippen molar-refractivity contribution < 1.29 is 5.11 Å². The molecular weight excluding hydrogens is 138 g/mol. The molecule has 0 spiro atoms. The molecule has 1 N–H and O–H groups in total. The molecule has 0 aromatic carbocycles. The summed E-state index contributed by atoms with van der Waals surface area (Å²) in [6.07, 6.45) is 0.844. The van der Waals surface area contributed by atoms with Gasteiger partial charge in [0.2, 0.25) is 0 Å². The van der Waals surface area contributed by atoms with E-state index in [4.69, 9.17) is 5.11 Å². The van der Waals surface area contributed by atoms with Crippen LogP contribution < -0.4 is 0 Å². The number of aliphatic hydroxyl groups is 1. The molecule has 11 heavy (non-hydrogen) atoms. The number of rotatable bonds is 3. The Labute approximate surface area is 67.5 Å². The lowest BCUT2D eigenvalue weighted by molar-refractivity contribution is 0.279. The summed E-state index contributed by atoms with van der Waals surface area (Å²) in [5, 5.41) is 8.63. The third-order valence-corrected chi connectivity index (χ3v) is 1.96. The molecule has 0 atom stereocenters. The monoisotopic (exact) mass is 153 g/mol. The second-order valence-electron chi connectivity index (χ2n) is 2.84. The highest BCUT2D eigenvalue weighted by Crippen LogP contribution is 2.07. The lowest BCUT2D eigenvalue weighted by Crippen LogP contribution is -2.03. The average Bonchev–Trinajstić information content (AvgIpc) is 2.29. The van der Waals surface area contributed by atoms with Crippen LogP contribution in [-0.4, -0.2) is 16.3 Å². The van der Waals surface area contributed by atoms with Gasteiger partial charge in [0.15, 0.2) is 0 Å². The number of hydrogen-bond donors (Lipinski definition) is 1. The second-order valence-corrected chi connectivity index (χ2v) is 2.84. The standard InChI is InChI=1S/C9H15NO/c1-8-4-5-9(2)10(8)6-3-7-11/h4-5,11H,3,6-7H2,1-2H3. The molecule has 0 radical (unpaired) electrons. The lowest BCUT2D eigenvalue weighted by Gasteiger charge is -2.06. The number of aliphatic hydroxyl groups excluding tert-OH is 1. The van der Waals surface area contributed by atoms with Gasteiger partial charge in [0.1, 0.15) is 0 Å². The molecule has 2 heteroatoms. The van der Waals surface area contributed by atoms with E-state index < -0.39 is 0 Å². The van der Waals surface area contributed by atoms with Crippen molar-refractivity contribution in [1.82, 2.24) is 4.57 Å². The Hall–Kier alpha value is -0.760. The van der Waals surface area contributed by atoms with Gasteiger partial charge < -0.3 is 9.67 Å². The van der Waals surface area contributed by atoms with Gasteiger partial charge in [-0.3, -0.25) is 0 Å². The van der Waals surface area contributed by atoms with Crippen LogP contribution >= 0.6 is 0 Å². The van der Waals surface area contributed by atoms with Crippen LogP contribution in [-0.2, 0) is 6.54 Å². The quantitative estimate of drug-likeness (QED) is 0.699. The fourth-order valence-electron chi connectivity index (χ4n) is 1.28. The third-order valence-electron chi connectivity index (χ3n) is 1.96. The van der Waals surface area contributed by atoms with Crippen LogP contribution in [0, 0.1) is 13.8 Å². The van der Waals surface area contributed by atoms with E-state index in [1.54, 1.807) is 0 Å².